The van der Waals surface area contributed by atoms with Crippen LogP contribution in [0.5, 0.6) is 5.75 Å². The van der Waals surface area contributed by atoms with Gasteiger partial charge in [0.15, 0.2) is 0 Å². The fourth-order valence-corrected chi connectivity index (χ4v) is 4.07. The Hall–Kier alpha value is -4.04. The van der Waals surface area contributed by atoms with Crippen molar-refractivity contribution in [2.24, 2.45) is 0 Å². The Bertz CT molecular complexity index is 1420. The summed E-state index contributed by atoms with van der Waals surface area (Å²) in [5.74, 6) is -0.699. The smallest absolute Gasteiger partial charge is 0.141 e. The molecule has 4 rings (SSSR count). The van der Waals surface area contributed by atoms with E-state index < -0.39 is 5.82 Å². The van der Waals surface area contributed by atoms with E-state index in [1.54, 1.807) is 42.5 Å². The first-order valence-corrected chi connectivity index (χ1v) is 11.4. The van der Waals surface area contributed by atoms with Gasteiger partial charge in [0.1, 0.15) is 35.9 Å². The lowest BCUT2D eigenvalue weighted by Gasteiger charge is -2.10. The van der Waals surface area contributed by atoms with Crippen LogP contribution in [-0.4, -0.2) is 6.61 Å². The largest absolute Gasteiger partial charge is 0.489 e. The van der Waals surface area contributed by atoms with Gasteiger partial charge in [0.25, 0.3) is 0 Å². The average molecular weight is 472 g/mol. The average Bonchev–Trinajstić information content (AvgIpc) is 2.86. The molecule has 35 heavy (non-hydrogen) atoms. The maximum atomic E-state index is 15.1. The van der Waals surface area contributed by atoms with Crippen LogP contribution in [0.25, 0.3) is 10.8 Å². The standard InChI is InChI=1S/C30H24F3NO/c1-2-15-35-26-13-12-22(29(32)18-26)7-3-20-6-14-27-24(16-20)11-10-23(30(27)33)8-4-21-5-9-25(19-34)28(31)17-21/h2,5-6,9-14,16-18H,1,3-4,7-8,15H2. The number of hydrogen-bond acceptors (Lipinski definition) is 2. The van der Waals surface area contributed by atoms with Gasteiger partial charge in [-0.15, -0.1) is 0 Å². The second-order valence-corrected chi connectivity index (χ2v) is 8.37. The summed E-state index contributed by atoms with van der Waals surface area (Å²) >= 11 is 0. The molecule has 4 aromatic rings. The van der Waals surface area contributed by atoms with Gasteiger partial charge in [-0.25, -0.2) is 13.2 Å². The third-order valence-electron chi connectivity index (χ3n) is 6.01. The lowest BCUT2D eigenvalue weighted by Crippen LogP contribution is -1.99. The predicted molar refractivity (Wildman–Crippen MR) is 132 cm³/mol. The fraction of sp³-hybridized carbons (Fsp3) is 0.167. The molecule has 176 valence electrons. The van der Waals surface area contributed by atoms with Crippen molar-refractivity contribution < 1.29 is 17.9 Å². The highest BCUT2D eigenvalue weighted by Crippen LogP contribution is 2.25. The number of aryl methyl sites for hydroxylation is 4. The molecule has 0 aromatic heterocycles. The van der Waals surface area contributed by atoms with Crippen LogP contribution in [0.15, 0.2) is 79.4 Å². The third-order valence-corrected chi connectivity index (χ3v) is 6.01. The molecular formula is C30H24F3NO. The molecule has 0 aliphatic carbocycles. The molecule has 0 bridgehead atoms. The highest BCUT2D eigenvalue weighted by atomic mass is 19.1. The predicted octanol–water partition coefficient (Wildman–Crippen LogP) is 7.26. The summed E-state index contributed by atoms with van der Waals surface area (Å²) in [5, 5.41) is 10.1. The Morgan fingerprint density at radius 2 is 1.49 bits per heavy atom. The van der Waals surface area contributed by atoms with Gasteiger partial charge >= 0.3 is 0 Å². The van der Waals surface area contributed by atoms with Crippen LogP contribution < -0.4 is 4.74 Å². The second-order valence-electron chi connectivity index (χ2n) is 8.37. The Balaban J connectivity index is 1.43. The Morgan fingerprint density at radius 3 is 2.20 bits per heavy atom. The van der Waals surface area contributed by atoms with E-state index in [4.69, 9.17) is 10.00 Å². The van der Waals surface area contributed by atoms with Crippen LogP contribution >= 0.6 is 0 Å². The van der Waals surface area contributed by atoms with Crippen LogP contribution in [0.2, 0.25) is 0 Å². The first-order chi connectivity index (χ1) is 17.0. The van der Waals surface area contributed by atoms with Crippen molar-refractivity contribution in [3.8, 4) is 11.8 Å². The second kappa shape index (κ2) is 10.9. The minimum absolute atomic E-state index is 0.00118. The van der Waals surface area contributed by atoms with Crippen molar-refractivity contribution in [2.75, 3.05) is 6.61 Å². The summed E-state index contributed by atoms with van der Waals surface area (Å²) in [6.07, 6.45) is 3.62. The number of nitriles is 1. The van der Waals surface area contributed by atoms with Gasteiger partial charge in [0, 0.05) is 11.5 Å². The molecule has 0 amide bonds. The summed E-state index contributed by atoms with van der Waals surface area (Å²) in [6, 6.07) is 20.3. The van der Waals surface area contributed by atoms with Crippen LogP contribution in [0.3, 0.4) is 0 Å². The summed E-state index contributed by atoms with van der Waals surface area (Å²) in [4.78, 5) is 0. The van der Waals surface area contributed by atoms with Gasteiger partial charge in [0.2, 0.25) is 0 Å². The lowest BCUT2D eigenvalue weighted by atomic mass is 9.97. The zero-order valence-corrected chi connectivity index (χ0v) is 19.2. The summed E-state index contributed by atoms with van der Waals surface area (Å²) in [5.41, 5.74) is 2.85. The van der Waals surface area contributed by atoms with Gasteiger partial charge < -0.3 is 4.74 Å². The molecule has 0 saturated heterocycles. The number of nitrogens with zero attached hydrogens (tertiary/aromatic N) is 1. The van der Waals surface area contributed by atoms with Gasteiger partial charge in [-0.3, -0.25) is 0 Å². The van der Waals surface area contributed by atoms with Crippen molar-refractivity contribution in [3.05, 3.63) is 125 Å². The number of hydrogen-bond donors (Lipinski definition) is 0. The SMILES string of the molecule is C=CCOc1ccc(CCc2ccc3c(F)c(CCc4ccc(C#N)c(F)c4)ccc3c2)c(F)c1. The van der Waals surface area contributed by atoms with Crippen LogP contribution in [0.1, 0.15) is 27.8 Å². The molecule has 0 spiro atoms. The minimum Gasteiger partial charge on any atom is -0.489 e. The van der Waals surface area contributed by atoms with Crippen molar-refractivity contribution >= 4 is 10.8 Å². The van der Waals surface area contributed by atoms with Gasteiger partial charge in [0.05, 0.1) is 5.56 Å². The van der Waals surface area contributed by atoms with Crippen molar-refractivity contribution in [3.63, 3.8) is 0 Å². The van der Waals surface area contributed by atoms with E-state index in [0.717, 1.165) is 10.9 Å². The molecule has 0 aliphatic heterocycles. The number of halogens is 3. The molecular weight excluding hydrogens is 447 g/mol. The van der Waals surface area contributed by atoms with Crippen molar-refractivity contribution in [1.29, 1.82) is 5.26 Å². The van der Waals surface area contributed by atoms with Gasteiger partial charge in [-0.2, -0.15) is 5.26 Å². The zero-order chi connectivity index (χ0) is 24.8. The van der Waals surface area contributed by atoms with Gasteiger partial charge in [-0.1, -0.05) is 55.1 Å². The molecule has 4 aromatic carbocycles. The van der Waals surface area contributed by atoms with E-state index in [1.807, 2.05) is 18.2 Å². The van der Waals surface area contributed by atoms with Crippen LogP contribution in [-0.2, 0) is 25.7 Å². The van der Waals surface area contributed by atoms with Crippen LogP contribution in [0, 0.1) is 28.8 Å². The van der Waals surface area contributed by atoms with Crippen LogP contribution in [0.4, 0.5) is 13.2 Å². The number of fused-ring (bicyclic) bond motifs is 1. The van der Waals surface area contributed by atoms with E-state index in [-0.39, 0.29) is 17.2 Å². The molecule has 0 N–H and O–H groups in total. The monoisotopic (exact) mass is 471 g/mol. The van der Waals surface area contributed by atoms with E-state index in [2.05, 4.69) is 6.58 Å². The lowest BCUT2D eigenvalue weighted by molar-refractivity contribution is 0.360. The number of benzene rings is 4. The quantitative estimate of drug-likeness (QED) is 0.241. The molecule has 0 fully saturated rings. The third kappa shape index (κ3) is 5.73. The first-order valence-electron chi connectivity index (χ1n) is 11.4. The maximum absolute atomic E-state index is 15.1. The topological polar surface area (TPSA) is 33.0 Å². The molecule has 0 radical (unpaired) electrons. The van der Waals surface area contributed by atoms with Gasteiger partial charge in [-0.05, 0) is 71.5 Å². The molecule has 0 aliphatic rings. The normalized spacial score (nSPS) is 10.8. The maximum Gasteiger partial charge on any atom is 0.141 e. The molecule has 2 nitrogen and oxygen atoms in total. The van der Waals surface area contributed by atoms with E-state index in [1.165, 1.54) is 18.2 Å². The van der Waals surface area contributed by atoms with E-state index in [9.17, 15) is 8.78 Å². The zero-order valence-electron chi connectivity index (χ0n) is 19.2. The summed E-state index contributed by atoms with van der Waals surface area (Å²) in [6.45, 7) is 3.90. The minimum atomic E-state index is -0.562. The number of ether oxygens (including phenoxy) is 1. The molecule has 0 atom stereocenters. The number of rotatable bonds is 9. The summed E-state index contributed by atoms with van der Waals surface area (Å²) < 4.78 is 48.7. The molecule has 0 unspecified atom stereocenters. The Labute approximate surface area is 202 Å². The summed E-state index contributed by atoms with van der Waals surface area (Å²) in [7, 11) is 0. The Morgan fingerprint density at radius 1 is 0.771 bits per heavy atom. The first kappa shape index (κ1) is 24.1. The fourth-order valence-electron chi connectivity index (χ4n) is 4.07. The highest BCUT2D eigenvalue weighted by molar-refractivity contribution is 5.84. The highest BCUT2D eigenvalue weighted by Gasteiger charge is 2.11. The molecule has 0 heterocycles. The van der Waals surface area contributed by atoms with E-state index >= 15 is 4.39 Å². The Kier molecular flexibility index (Phi) is 7.52. The van der Waals surface area contributed by atoms with E-state index in [0.29, 0.717) is 60.1 Å². The van der Waals surface area contributed by atoms with Crippen molar-refractivity contribution in [1.82, 2.24) is 0 Å². The molecule has 5 heteroatoms. The van der Waals surface area contributed by atoms with Crippen molar-refractivity contribution in [2.45, 2.75) is 25.7 Å². The molecule has 0 saturated carbocycles.